The molecule has 2 aliphatic rings. The van der Waals surface area contributed by atoms with Crippen LogP contribution in [0.5, 0.6) is 5.75 Å². The lowest BCUT2D eigenvalue weighted by Crippen LogP contribution is -2.37. The summed E-state index contributed by atoms with van der Waals surface area (Å²) in [5, 5.41) is 7.70. The van der Waals surface area contributed by atoms with Crippen LogP contribution in [0.2, 0.25) is 5.02 Å². The second-order valence-corrected chi connectivity index (χ2v) is 14.2. The van der Waals surface area contributed by atoms with Gasteiger partial charge in [0.1, 0.15) is 17.9 Å². The van der Waals surface area contributed by atoms with Gasteiger partial charge in [0.25, 0.3) is 0 Å². The molecule has 7 nitrogen and oxygen atoms in total. The summed E-state index contributed by atoms with van der Waals surface area (Å²) in [4.78, 5) is 11.5. The van der Waals surface area contributed by atoms with Crippen LogP contribution >= 0.6 is 18.7 Å². The molecule has 3 aromatic rings. The molecule has 36 heavy (non-hydrogen) atoms. The largest absolute Gasteiger partial charge is 0.495 e. The van der Waals surface area contributed by atoms with Crippen LogP contribution < -0.4 is 20.7 Å². The average Bonchev–Trinajstić information content (AvgIpc) is 3.22. The minimum Gasteiger partial charge on any atom is -0.495 e. The predicted molar refractivity (Wildman–Crippen MR) is 149 cm³/mol. The quantitative estimate of drug-likeness (QED) is 0.362. The number of ether oxygens (including phenoxy) is 1. The first-order chi connectivity index (χ1) is 17.2. The van der Waals surface area contributed by atoms with E-state index >= 15 is 0 Å². The van der Waals surface area contributed by atoms with Gasteiger partial charge in [-0.15, -0.1) is 0 Å². The number of halogens is 1. The van der Waals surface area contributed by atoms with Gasteiger partial charge in [0, 0.05) is 11.8 Å². The number of anilines is 4. The normalized spacial score (nSPS) is 21.9. The number of methoxy groups -OCH3 is 1. The lowest BCUT2D eigenvalue weighted by molar-refractivity contribution is 0.113. The van der Waals surface area contributed by atoms with Crippen LogP contribution in [0.4, 0.5) is 23.1 Å². The summed E-state index contributed by atoms with van der Waals surface area (Å²) in [5.41, 5.74) is 3.33. The van der Waals surface area contributed by atoms with E-state index in [0.29, 0.717) is 33.8 Å². The Balaban J connectivity index is 1.37. The first-order valence-electron chi connectivity index (χ1n) is 12.2. The van der Waals surface area contributed by atoms with Gasteiger partial charge < -0.3 is 24.8 Å². The predicted octanol–water partition coefficient (Wildman–Crippen LogP) is 6.07. The van der Waals surface area contributed by atoms with Gasteiger partial charge in [0.2, 0.25) is 5.95 Å². The number of hydrogen-bond donors (Lipinski definition) is 2. The van der Waals surface area contributed by atoms with Crippen LogP contribution in [0.15, 0.2) is 48.7 Å². The Kier molecular flexibility index (Phi) is 6.75. The number of nitrogens with zero attached hydrogens (tertiary/aromatic N) is 3. The highest BCUT2D eigenvalue weighted by atomic mass is 35.5. The molecule has 0 bridgehead atoms. The van der Waals surface area contributed by atoms with Gasteiger partial charge in [0.05, 0.1) is 24.7 Å². The molecule has 1 spiro atoms. The molecule has 0 amide bonds. The first-order valence-corrected chi connectivity index (χ1v) is 15.2. The number of nitrogens with one attached hydrogen (secondary N) is 2. The molecule has 190 valence electrons. The van der Waals surface area contributed by atoms with Crippen LogP contribution in [0.25, 0.3) is 0 Å². The van der Waals surface area contributed by atoms with Gasteiger partial charge in [-0.05, 0) is 87.3 Å². The molecule has 1 aliphatic heterocycles. The van der Waals surface area contributed by atoms with Crippen LogP contribution in [-0.4, -0.2) is 55.4 Å². The molecule has 2 aromatic carbocycles. The van der Waals surface area contributed by atoms with Crippen molar-refractivity contribution in [2.45, 2.75) is 25.2 Å². The maximum absolute atomic E-state index is 12.8. The summed E-state index contributed by atoms with van der Waals surface area (Å²) in [6, 6.07) is 13.8. The van der Waals surface area contributed by atoms with Crippen molar-refractivity contribution in [1.29, 1.82) is 0 Å². The highest BCUT2D eigenvalue weighted by molar-refractivity contribution is 7.70. The highest BCUT2D eigenvalue weighted by Gasteiger charge is 2.47. The second-order valence-electron chi connectivity index (χ2n) is 10.6. The van der Waals surface area contributed by atoms with Crippen molar-refractivity contribution in [3.63, 3.8) is 0 Å². The van der Waals surface area contributed by atoms with E-state index in [1.54, 1.807) is 26.6 Å². The number of benzene rings is 2. The standard InChI is InChI=1S/C27H33ClN5O2P/c1-33-12-11-27(17-33)14-19(15-27)18-9-10-23(35-2)22(13-18)31-26-29-16-20(28)25(32-26)30-21-7-5-6-8-24(21)36(3,4)34/h5-10,13,16,19H,11-12,14-15,17H2,1-4H3,(H2,29,30,31,32). The van der Waals surface area contributed by atoms with Crippen molar-refractivity contribution in [2.75, 3.05) is 51.2 Å². The molecule has 0 atom stereocenters. The Morgan fingerprint density at radius 1 is 1.14 bits per heavy atom. The molecule has 0 radical (unpaired) electrons. The SMILES string of the molecule is COc1ccc(C2CC3(CCN(C)C3)C2)cc1Nc1ncc(Cl)c(Nc2ccccc2P(C)(C)=O)n1. The lowest BCUT2D eigenvalue weighted by Gasteiger charge is -2.45. The monoisotopic (exact) mass is 525 g/mol. The molecule has 5 rings (SSSR count). The molecule has 1 saturated carbocycles. The summed E-state index contributed by atoms with van der Waals surface area (Å²) in [5.74, 6) is 2.12. The van der Waals surface area contributed by atoms with Crippen molar-refractivity contribution >= 4 is 47.2 Å². The number of rotatable bonds is 7. The van der Waals surface area contributed by atoms with Gasteiger partial charge in [0.15, 0.2) is 5.82 Å². The van der Waals surface area contributed by atoms with E-state index in [2.05, 4.69) is 44.7 Å². The molecular weight excluding hydrogens is 493 g/mol. The lowest BCUT2D eigenvalue weighted by atomic mass is 9.59. The van der Waals surface area contributed by atoms with Crippen LogP contribution in [0.1, 0.15) is 30.7 Å². The molecule has 2 fully saturated rings. The van der Waals surface area contributed by atoms with E-state index in [1.165, 1.54) is 37.9 Å². The van der Waals surface area contributed by atoms with E-state index in [9.17, 15) is 4.57 Å². The molecule has 2 heterocycles. The minimum atomic E-state index is -2.50. The van der Waals surface area contributed by atoms with E-state index in [0.717, 1.165) is 16.7 Å². The van der Waals surface area contributed by atoms with Gasteiger partial charge >= 0.3 is 0 Å². The number of para-hydroxylation sites is 1. The molecule has 2 N–H and O–H groups in total. The van der Waals surface area contributed by atoms with Crippen LogP contribution in [-0.2, 0) is 4.57 Å². The molecule has 9 heteroatoms. The summed E-state index contributed by atoms with van der Waals surface area (Å²) >= 11 is 6.42. The molecular formula is C27H33ClN5O2P. The number of aromatic nitrogens is 2. The van der Waals surface area contributed by atoms with E-state index in [-0.39, 0.29) is 0 Å². The van der Waals surface area contributed by atoms with Crippen molar-refractivity contribution in [3.8, 4) is 5.75 Å². The van der Waals surface area contributed by atoms with Crippen molar-refractivity contribution < 1.29 is 9.30 Å². The number of hydrogen-bond acceptors (Lipinski definition) is 7. The van der Waals surface area contributed by atoms with Gasteiger partial charge in [-0.3, -0.25) is 0 Å². The van der Waals surface area contributed by atoms with Crippen molar-refractivity contribution in [1.82, 2.24) is 14.9 Å². The second kappa shape index (κ2) is 9.70. The smallest absolute Gasteiger partial charge is 0.229 e. The average molecular weight is 526 g/mol. The molecule has 0 unspecified atom stereocenters. The third kappa shape index (κ3) is 5.10. The van der Waals surface area contributed by atoms with Crippen molar-refractivity contribution in [3.05, 3.63) is 59.2 Å². The maximum Gasteiger partial charge on any atom is 0.229 e. The van der Waals surface area contributed by atoms with E-state index in [1.807, 2.05) is 30.3 Å². The maximum atomic E-state index is 12.8. The topological polar surface area (TPSA) is 79.4 Å². The molecule has 1 aromatic heterocycles. The van der Waals surface area contributed by atoms with Gasteiger partial charge in [-0.2, -0.15) is 4.98 Å². The zero-order valence-corrected chi connectivity index (χ0v) is 22.9. The Morgan fingerprint density at radius 2 is 1.92 bits per heavy atom. The Hall–Kier alpha value is -2.60. The first kappa shape index (κ1) is 25.1. The summed E-state index contributed by atoms with van der Waals surface area (Å²) < 4.78 is 18.4. The van der Waals surface area contributed by atoms with Crippen LogP contribution in [0, 0.1) is 5.41 Å². The van der Waals surface area contributed by atoms with E-state index < -0.39 is 7.14 Å². The molecule has 1 saturated heterocycles. The Bertz CT molecular complexity index is 1320. The van der Waals surface area contributed by atoms with E-state index in [4.69, 9.17) is 16.3 Å². The molecule has 1 aliphatic carbocycles. The number of likely N-dealkylation sites (tertiary alicyclic amines) is 1. The zero-order valence-electron chi connectivity index (χ0n) is 21.2. The van der Waals surface area contributed by atoms with Gasteiger partial charge in [-0.1, -0.05) is 29.8 Å². The van der Waals surface area contributed by atoms with Crippen molar-refractivity contribution in [2.24, 2.45) is 5.41 Å². The third-order valence-electron chi connectivity index (χ3n) is 7.41. The summed E-state index contributed by atoms with van der Waals surface area (Å²) in [6.45, 7) is 5.89. The van der Waals surface area contributed by atoms with Gasteiger partial charge in [-0.25, -0.2) is 4.98 Å². The fourth-order valence-electron chi connectivity index (χ4n) is 5.60. The summed E-state index contributed by atoms with van der Waals surface area (Å²) in [6.07, 6.45) is 5.31. The Morgan fingerprint density at radius 3 is 2.61 bits per heavy atom. The third-order valence-corrected chi connectivity index (χ3v) is 9.24. The fraction of sp³-hybridized carbons (Fsp3) is 0.407. The highest BCUT2D eigenvalue weighted by Crippen LogP contribution is 2.56. The van der Waals surface area contributed by atoms with Crippen LogP contribution in [0.3, 0.4) is 0 Å². The Labute approximate surface area is 218 Å². The summed E-state index contributed by atoms with van der Waals surface area (Å²) in [7, 11) is 1.38. The fourth-order valence-corrected chi connectivity index (χ4v) is 6.90. The minimum absolute atomic E-state index is 0.374. The zero-order chi connectivity index (χ0) is 25.5.